The third kappa shape index (κ3) is 3.78. The van der Waals surface area contributed by atoms with Gasteiger partial charge in [0.15, 0.2) is 5.16 Å². The number of rotatable bonds is 6. The van der Waals surface area contributed by atoms with E-state index in [4.69, 9.17) is 16.0 Å². The molecule has 0 spiro atoms. The van der Waals surface area contributed by atoms with Crippen LogP contribution in [-0.4, -0.2) is 19.7 Å². The van der Waals surface area contributed by atoms with E-state index in [1.165, 1.54) is 0 Å². The Balaban J connectivity index is 1.45. The van der Waals surface area contributed by atoms with E-state index in [2.05, 4.69) is 20.6 Å². The van der Waals surface area contributed by atoms with Crippen molar-refractivity contribution in [2.45, 2.75) is 17.5 Å². The third-order valence-electron chi connectivity index (χ3n) is 3.49. The highest BCUT2D eigenvalue weighted by Gasteiger charge is 2.11. The lowest BCUT2D eigenvalue weighted by molar-refractivity contribution is 0.484. The van der Waals surface area contributed by atoms with Crippen LogP contribution in [-0.2, 0) is 12.3 Å². The van der Waals surface area contributed by atoms with Crippen molar-refractivity contribution in [1.29, 1.82) is 0 Å². The SMILES string of the molecule is Clc1ccccc1-c1nc(CSc2nncn2Cc2ccco2)cs1. The molecule has 0 radical (unpaired) electrons. The van der Waals surface area contributed by atoms with E-state index < -0.39 is 0 Å². The minimum Gasteiger partial charge on any atom is -0.467 e. The Morgan fingerprint density at radius 1 is 1.20 bits per heavy atom. The summed E-state index contributed by atoms with van der Waals surface area (Å²) in [6, 6.07) is 11.6. The van der Waals surface area contributed by atoms with E-state index in [-0.39, 0.29) is 0 Å². The molecule has 0 fully saturated rings. The lowest BCUT2D eigenvalue weighted by Gasteiger charge is -2.03. The molecular weight excluding hydrogens is 376 g/mol. The maximum absolute atomic E-state index is 6.25. The number of hydrogen-bond acceptors (Lipinski definition) is 6. The zero-order valence-electron chi connectivity index (χ0n) is 13.0. The van der Waals surface area contributed by atoms with E-state index >= 15 is 0 Å². The predicted octanol–water partition coefficient (Wildman–Crippen LogP) is 4.99. The number of thiazole rings is 1. The molecule has 0 aliphatic carbocycles. The highest BCUT2D eigenvalue weighted by molar-refractivity contribution is 7.98. The van der Waals surface area contributed by atoms with Gasteiger partial charge in [-0.2, -0.15) is 0 Å². The van der Waals surface area contributed by atoms with Crippen molar-refractivity contribution in [3.63, 3.8) is 0 Å². The fraction of sp³-hybridized carbons (Fsp3) is 0.118. The molecule has 0 saturated carbocycles. The summed E-state index contributed by atoms with van der Waals surface area (Å²) >= 11 is 9.44. The molecule has 3 aromatic heterocycles. The Morgan fingerprint density at radius 3 is 2.96 bits per heavy atom. The van der Waals surface area contributed by atoms with Crippen LogP contribution in [0.3, 0.4) is 0 Å². The van der Waals surface area contributed by atoms with Gasteiger partial charge in [-0.25, -0.2) is 4.98 Å². The first-order chi connectivity index (χ1) is 12.3. The van der Waals surface area contributed by atoms with Crippen molar-refractivity contribution in [2.24, 2.45) is 0 Å². The summed E-state index contributed by atoms with van der Waals surface area (Å²) in [5, 5.41) is 12.7. The van der Waals surface area contributed by atoms with Gasteiger partial charge in [0.2, 0.25) is 0 Å². The molecule has 0 atom stereocenters. The Hall–Kier alpha value is -2.09. The van der Waals surface area contributed by atoms with Crippen LogP contribution >= 0.6 is 34.7 Å². The Bertz CT molecular complexity index is 965. The molecule has 25 heavy (non-hydrogen) atoms. The number of benzene rings is 1. The number of furan rings is 1. The second-order valence-electron chi connectivity index (χ2n) is 5.23. The summed E-state index contributed by atoms with van der Waals surface area (Å²) < 4.78 is 7.34. The van der Waals surface area contributed by atoms with Crippen molar-refractivity contribution in [3.8, 4) is 10.6 Å². The molecule has 0 N–H and O–H groups in total. The minimum atomic E-state index is 0.615. The second-order valence-corrected chi connectivity index (χ2v) is 7.44. The largest absolute Gasteiger partial charge is 0.467 e. The predicted molar refractivity (Wildman–Crippen MR) is 100.0 cm³/mol. The van der Waals surface area contributed by atoms with Crippen LogP contribution < -0.4 is 0 Å². The van der Waals surface area contributed by atoms with Gasteiger partial charge in [0, 0.05) is 16.7 Å². The second kappa shape index (κ2) is 7.43. The average Bonchev–Trinajstić information content (AvgIpc) is 3.36. The summed E-state index contributed by atoms with van der Waals surface area (Å²) in [4.78, 5) is 4.68. The van der Waals surface area contributed by atoms with Crippen LogP contribution in [0.4, 0.5) is 0 Å². The van der Waals surface area contributed by atoms with Crippen LogP contribution in [0.25, 0.3) is 10.6 Å². The summed E-state index contributed by atoms with van der Waals surface area (Å²) in [7, 11) is 0. The summed E-state index contributed by atoms with van der Waals surface area (Å²) in [6.07, 6.45) is 3.37. The van der Waals surface area contributed by atoms with E-state index in [1.807, 2.05) is 41.0 Å². The van der Waals surface area contributed by atoms with Gasteiger partial charge in [0.1, 0.15) is 17.1 Å². The number of nitrogens with zero attached hydrogens (tertiary/aromatic N) is 4. The molecule has 0 aliphatic heterocycles. The number of thioether (sulfide) groups is 1. The normalized spacial score (nSPS) is 11.1. The van der Waals surface area contributed by atoms with Gasteiger partial charge < -0.3 is 8.98 Å². The van der Waals surface area contributed by atoms with E-state index in [0.717, 1.165) is 32.9 Å². The Morgan fingerprint density at radius 2 is 2.12 bits per heavy atom. The number of hydrogen-bond donors (Lipinski definition) is 0. The summed E-state index contributed by atoms with van der Waals surface area (Å²) in [5.41, 5.74) is 1.96. The minimum absolute atomic E-state index is 0.615. The van der Waals surface area contributed by atoms with E-state index in [9.17, 15) is 0 Å². The molecule has 0 amide bonds. The zero-order valence-corrected chi connectivity index (χ0v) is 15.4. The summed E-state index contributed by atoms with van der Waals surface area (Å²) in [5.74, 6) is 1.59. The van der Waals surface area contributed by atoms with Crippen LogP contribution in [0, 0.1) is 0 Å². The smallest absolute Gasteiger partial charge is 0.191 e. The third-order valence-corrected chi connectivity index (χ3v) is 5.76. The van der Waals surface area contributed by atoms with Gasteiger partial charge in [0.05, 0.1) is 23.5 Å². The van der Waals surface area contributed by atoms with Gasteiger partial charge in [-0.1, -0.05) is 41.6 Å². The van der Waals surface area contributed by atoms with Crippen molar-refractivity contribution in [1.82, 2.24) is 19.7 Å². The first-order valence-electron chi connectivity index (χ1n) is 7.52. The van der Waals surface area contributed by atoms with Crippen molar-refractivity contribution in [2.75, 3.05) is 0 Å². The van der Waals surface area contributed by atoms with Crippen LogP contribution in [0.15, 0.2) is 63.9 Å². The van der Waals surface area contributed by atoms with E-state index in [0.29, 0.717) is 11.6 Å². The Labute approximate surface area is 157 Å². The quantitative estimate of drug-likeness (QED) is 0.435. The highest BCUT2D eigenvalue weighted by Crippen LogP contribution is 2.31. The molecule has 0 saturated heterocycles. The lowest BCUT2D eigenvalue weighted by atomic mass is 10.2. The molecule has 1 aromatic carbocycles. The highest BCUT2D eigenvalue weighted by atomic mass is 35.5. The topological polar surface area (TPSA) is 56.7 Å². The van der Waals surface area contributed by atoms with Crippen molar-refractivity contribution in [3.05, 3.63) is 70.8 Å². The number of aromatic nitrogens is 4. The average molecular weight is 389 g/mol. The zero-order chi connectivity index (χ0) is 17.1. The first-order valence-corrected chi connectivity index (χ1v) is 9.76. The maximum Gasteiger partial charge on any atom is 0.191 e. The van der Waals surface area contributed by atoms with Gasteiger partial charge in [0.25, 0.3) is 0 Å². The van der Waals surface area contributed by atoms with Gasteiger partial charge in [-0.05, 0) is 18.2 Å². The van der Waals surface area contributed by atoms with Crippen molar-refractivity contribution < 1.29 is 4.42 Å². The van der Waals surface area contributed by atoms with Gasteiger partial charge in [-0.3, -0.25) is 0 Å². The molecule has 5 nitrogen and oxygen atoms in total. The van der Waals surface area contributed by atoms with Crippen molar-refractivity contribution >= 4 is 34.7 Å². The first kappa shape index (κ1) is 16.4. The fourth-order valence-electron chi connectivity index (χ4n) is 2.31. The fourth-order valence-corrected chi connectivity index (χ4v) is 4.36. The molecule has 0 aliphatic rings. The molecule has 126 valence electrons. The Kier molecular flexibility index (Phi) is 4.87. The van der Waals surface area contributed by atoms with Crippen LogP contribution in [0.1, 0.15) is 11.5 Å². The van der Waals surface area contributed by atoms with Gasteiger partial charge in [-0.15, -0.1) is 21.5 Å². The maximum atomic E-state index is 6.25. The standard InChI is InChI=1S/C17H13ClN4OS2/c18-15-6-2-1-5-14(15)16-20-12(9-24-16)10-25-17-21-19-11-22(17)8-13-4-3-7-23-13/h1-7,9,11H,8,10H2. The summed E-state index contributed by atoms with van der Waals surface area (Å²) in [6.45, 7) is 0.615. The molecule has 4 aromatic rings. The number of halogens is 1. The molecule has 3 heterocycles. The van der Waals surface area contributed by atoms with Gasteiger partial charge >= 0.3 is 0 Å². The molecule has 8 heteroatoms. The lowest BCUT2D eigenvalue weighted by Crippen LogP contribution is -1.99. The van der Waals surface area contributed by atoms with E-state index in [1.54, 1.807) is 35.7 Å². The monoisotopic (exact) mass is 388 g/mol. The molecular formula is C17H13ClN4OS2. The van der Waals surface area contributed by atoms with Crippen LogP contribution in [0.2, 0.25) is 5.02 Å². The van der Waals surface area contributed by atoms with Crippen LogP contribution in [0.5, 0.6) is 0 Å². The molecule has 0 bridgehead atoms. The molecule has 4 rings (SSSR count). The molecule has 0 unspecified atom stereocenters.